The highest BCUT2D eigenvalue weighted by molar-refractivity contribution is 5.42. The van der Waals surface area contributed by atoms with Gasteiger partial charge in [-0.3, -0.25) is 0 Å². The maximum Gasteiger partial charge on any atom is 0.231 e. The van der Waals surface area contributed by atoms with Crippen LogP contribution in [0.1, 0.15) is 38.5 Å². The highest BCUT2D eigenvalue weighted by Gasteiger charge is 2.17. The Hall–Kier alpha value is -1.63. The molecule has 3 N–H and O–H groups in total. The van der Waals surface area contributed by atoms with E-state index in [0.717, 1.165) is 39.1 Å². The predicted octanol–water partition coefficient (Wildman–Crippen LogP) is 1.43. The molecular weight excluding hydrogens is 268 g/mol. The fourth-order valence-corrected chi connectivity index (χ4v) is 2.91. The molecule has 2 saturated heterocycles. The van der Waals surface area contributed by atoms with E-state index in [0.29, 0.717) is 18.0 Å². The van der Waals surface area contributed by atoms with Gasteiger partial charge in [0.2, 0.25) is 17.8 Å². The minimum absolute atomic E-state index is 0.283. The number of anilines is 3. The van der Waals surface area contributed by atoms with Crippen molar-refractivity contribution in [3.05, 3.63) is 0 Å². The molecule has 3 heterocycles. The molecule has 7 heteroatoms. The molecule has 0 amide bonds. The predicted molar refractivity (Wildman–Crippen MR) is 82.4 cm³/mol. The topological polar surface area (TPSA) is 89.2 Å². The van der Waals surface area contributed by atoms with Gasteiger partial charge in [-0.25, -0.2) is 0 Å². The number of ether oxygens (including phenoxy) is 1. The summed E-state index contributed by atoms with van der Waals surface area (Å²) >= 11 is 0. The third-order valence-corrected chi connectivity index (χ3v) is 4.05. The summed E-state index contributed by atoms with van der Waals surface area (Å²) in [4.78, 5) is 15.1. The quantitative estimate of drug-likeness (QED) is 0.848. The van der Waals surface area contributed by atoms with Gasteiger partial charge in [0.25, 0.3) is 0 Å². The number of nitrogens with one attached hydrogen (secondary N) is 1. The second-order valence-electron chi connectivity index (χ2n) is 5.72. The van der Waals surface area contributed by atoms with Gasteiger partial charge in [-0.05, 0) is 38.5 Å². The first kappa shape index (κ1) is 14.3. The third-order valence-electron chi connectivity index (χ3n) is 4.05. The fraction of sp³-hybridized carbons (Fsp3) is 0.786. The lowest BCUT2D eigenvalue weighted by Crippen LogP contribution is -2.31. The van der Waals surface area contributed by atoms with Gasteiger partial charge < -0.3 is 20.7 Å². The van der Waals surface area contributed by atoms with Crippen molar-refractivity contribution in [2.45, 2.75) is 44.6 Å². The summed E-state index contributed by atoms with van der Waals surface area (Å²) in [6.45, 7) is 3.69. The van der Waals surface area contributed by atoms with Gasteiger partial charge in [0.05, 0.1) is 6.10 Å². The number of rotatable bonds is 5. The van der Waals surface area contributed by atoms with E-state index in [1.54, 1.807) is 0 Å². The molecule has 1 aromatic rings. The van der Waals surface area contributed by atoms with Crippen LogP contribution in [0.15, 0.2) is 0 Å². The van der Waals surface area contributed by atoms with Gasteiger partial charge in [0.1, 0.15) is 0 Å². The van der Waals surface area contributed by atoms with E-state index in [-0.39, 0.29) is 5.95 Å². The minimum atomic E-state index is 0.283. The second kappa shape index (κ2) is 6.89. The molecule has 0 aliphatic carbocycles. The van der Waals surface area contributed by atoms with Crippen molar-refractivity contribution in [2.75, 3.05) is 42.2 Å². The van der Waals surface area contributed by atoms with Crippen LogP contribution in [-0.2, 0) is 4.74 Å². The van der Waals surface area contributed by atoms with E-state index in [9.17, 15) is 0 Å². The summed E-state index contributed by atoms with van der Waals surface area (Å²) in [5, 5.41) is 3.24. The Kier molecular flexibility index (Phi) is 4.69. The third kappa shape index (κ3) is 3.93. The van der Waals surface area contributed by atoms with Crippen LogP contribution in [0.3, 0.4) is 0 Å². The van der Waals surface area contributed by atoms with Crippen LogP contribution >= 0.6 is 0 Å². The first-order chi connectivity index (χ1) is 10.3. The summed E-state index contributed by atoms with van der Waals surface area (Å²) in [6.07, 6.45) is 7.33. The van der Waals surface area contributed by atoms with Gasteiger partial charge in [-0.2, -0.15) is 15.0 Å². The maximum atomic E-state index is 5.81. The van der Waals surface area contributed by atoms with Crippen molar-refractivity contribution >= 4 is 17.8 Å². The first-order valence-corrected chi connectivity index (χ1v) is 7.93. The standard InChI is InChI=1S/C14H24N6O/c15-12-17-13(16-7-6-11-5-4-10-21-11)19-14(18-12)20-8-2-1-3-9-20/h11H,1-10H2,(H3,15,16,17,18,19). The Bertz CT molecular complexity index is 457. The maximum absolute atomic E-state index is 5.81. The summed E-state index contributed by atoms with van der Waals surface area (Å²) in [7, 11) is 0. The normalized spacial score (nSPS) is 22.5. The van der Waals surface area contributed by atoms with E-state index < -0.39 is 0 Å². The molecule has 0 spiro atoms. The second-order valence-corrected chi connectivity index (χ2v) is 5.72. The molecule has 7 nitrogen and oxygen atoms in total. The lowest BCUT2D eigenvalue weighted by Gasteiger charge is -2.26. The van der Waals surface area contributed by atoms with Gasteiger partial charge in [-0.1, -0.05) is 0 Å². The van der Waals surface area contributed by atoms with Crippen LogP contribution in [-0.4, -0.2) is 47.3 Å². The smallest absolute Gasteiger partial charge is 0.231 e. The summed E-state index contributed by atoms with van der Waals surface area (Å²) in [5.74, 6) is 1.55. The Balaban J connectivity index is 1.57. The number of hydrogen-bond donors (Lipinski definition) is 2. The molecule has 1 atom stereocenters. The number of nitrogen functional groups attached to an aromatic ring is 1. The largest absolute Gasteiger partial charge is 0.378 e. The lowest BCUT2D eigenvalue weighted by atomic mass is 10.1. The van der Waals surface area contributed by atoms with Crippen molar-refractivity contribution < 1.29 is 4.74 Å². The zero-order valence-corrected chi connectivity index (χ0v) is 12.4. The van der Waals surface area contributed by atoms with Crippen LogP contribution in [0.25, 0.3) is 0 Å². The molecule has 3 rings (SSSR count). The summed E-state index contributed by atoms with van der Waals surface area (Å²) < 4.78 is 5.61. The summed E-state index contributed by atoms with van der Waals surface area (Å²) in [5.41, 5.74) is 5.81. The molecule has 0 bridgehead atoms. The number of hydrogen-bond acceptors (Lipinski definition) is 7. The SMILES string of the molecule is Nc1nc(NCCC2CCCO2)nc(N2CCCCC2)n1. The highest BCUT2D eigenvalue weighted by Crippen LogP contribution is 2.18. The van der Waals surface area contributed by atoms with Crippen LogP contribution in [0.5, 0.6) is 0 Å². The van der Waals surface area contributed by atoms with Gasteiger partial charge in [0, 0.05) is 26.2 Å². The molecule has 0 saturated carbocycles. The van der Waals surface area contributed by atoms with E-state index in [1.165, 1.54) is 25.7 Å². The molecule has 0 radical (unpaired) electrons. The van der Waals surface area contributed by atoms with E-state index >= 15 is 0 Å². The van der Waals surface area contributed by atoms with E-state index in [2.05, 4.69) is 25.2 Å². The van der Waals surface area contributed by atoms with Crippen LogP contribution in [0.4, 0.5) is 17.8 Å². The molecule has 1 unspecified atom stereocenters. The lowest BCUT2D eigenvalue weighted by molar-refractivity contribution is 0.107. The molecule has 0 aromatic carbocycles. The summed E-state index contributed by atoms with van der Waals surface area (Å²) in [6, 6.07) is 0. The van der Waals surface area contributed by atoms with Crippen LogP contribution < -0.4 is 16.0 Å². The number of nitrogens with two attached hydrogens (primary N) is 1. The fourth-order valence-electron chi connectivity index (χ4n) is 2.91. The Morgan fingerprint density at radius 1 is 1.14 bits per heavy atom. The number of piperidine rings is 1. The Morgan fingerprint density at radius 2 is 2.00 bits per heavy atom. The van der Waals surface area contributed by atoms with E-state index in [4.69, 9.17) is 10.5 Å². The van der Waals surface area contributed by atoms with Crippen molar-refractivity contribution in [1.29, 1.82) is 0 Å². The van der Waals surface area contributed by atoms with Gasteiger partial charge in [-0.15, -0.1) is 0 Å². The molecule has 1 aromatic heterocycles. The zero-order valence-electron chi connectivity index (χ0n) is 12.4. The highest BCUT2D eigenvalue weighted by atomic mass is 16.5. The van der Waals surface area contributed by atoms with Crippen LogP contribution in [0.2, 0.25) is 0 Å². The first-order valence-electron chi connectivity index (χ1n) is 7.93. The van der Waals surface area contributed by atoms with Gasteiger partial charge in [0.15, 0.2) is 0 Å². The molecule has 21 heavy (non-hydrogen) atoms. The molecule has 2 aliphatic heterocycles. The van der Waals surface area contributed by atoms with Crippen molar-refractivity contribution in [3.8, 4) is 0 Å². The zero-order chi connectivity index (χ0) is 14.5. The minimum Gasteiger partial charge on any atom is -0.378 e. The average Bonchev–Trinajstić information content (AvgIpc) is 3.01. The van der Waals surface area contributed by atoms with Crippen molar-refractivity contribution in [2.24, 2.45) is 0 Å². The molecule has 2 fully saturated rings. The van der Waals surface area contributed by atoms with E-state index in [1.807, 2.05) is 0 Å². The molecule has 116 valence electrons. The molecule has 2 aliphatic rings. The Morgan fingerprint density at radius 3 is 2.76 bits per heavy atom. The number of nitrogens with zero attached hydrogens (tertiary/aromatic N) is 4. The Labute approximate surface area is 125 Å². The average molecular weight is 292 g/mol. The monoisotopic (exact) mass is 292 g/mol. The van der Waals surface area contributed by atoms with Crippen LogP contribution in [0, 0.1) is 0 Å². The molecular formula is C14H24N6O. The van der Waals surface area contributed by atoms with Crippen molar-refractivity contribution in [1.82, 2.24) is 15.0 Å². The van der Waals surface area contributed by atoms with Crippen molar-refractivity contribution in [3.63, 3.8) is 0 Å². The number of aromatic nitrogens is 3. The van der Waals surface area contributed by atoms with Gasteiger partial charge >= 0.3 is 0 Å².